The van der Waals surface area contributed by atoms with Gasteiger partial charge in [0.25, 0.3) is 0 Å². The Hall–Kier alpha value is 0.0569. The molecule has 0 rings (SSSR count). The minimum absolute atomic E-state index is 0.532. The molecule has 0 amide bonds. The quantitative estimate of drug-likeness (QED) is 0.349. The van der Waals surface area contributed by atoms with Crippen LogP contribution < -0.4 is 0 Å². The normalized spacial score (nSPS) is 12.0. The van der Waals surface area contributed by atoms with Crippen LogP contribution in [0.3, 0.4) is 0 Å². The molecule has 0 unspecified atom stereocenters. The highest BCUT2D eigenvalue weighted by Crippen LogP contribution is 2.18. The van der Waals surface area contributed by atoms with E-state index in [4.69, 9.17) is 18.9 Å². The van der Waals surface area contributed by atoms with E-state index < -0.39 is 8.56 Å². The molecule has 0 aromatic rings. The predicted octanol–water partition coefficient (Wildman–Crippen LogP) is 2.40. The second-order valence-electron chi connectivity index (χ2n) is 2.60. The van der Waals surface area contributed by atoms with Gasteiger partial charge in [0.15, 0.2) is 0 Å². The van der Waals surface area contributed by atoms with Gasteiger partial charge < -0.3 is 0 Å². The highest BCUT2D eigenvalue weighted by atomic mass is 28.4. The zero-order valence-electron chi connectivity index (χ0n) is 8.96. The Labute approximate surface area is 81.2 Å². The maximum Gasteiger partial charge on any atom is 0.409 e. The van der Waals surface area contributed by atoms with Gasteiger partial charge in [-0.1, -0.05) is 13.8 Å². The fourth-order valence-corrected chi connectivity index (χ4v) is 2.50. The zero-order chi connectivity index (χ0) is 10.2. The van der Waals surface area contributed by atoms with Crippen LogP contribution in [-0.4, -0.2) is 21.8 Å². The van der Waals surface area contributed by atoms with Gasteiger partial charge >= 0.3 is 8.56 Å². The van der Waals surface area contributed by atoms with Crippen LogP contribution in [-0.2, 0) is 18.9 Å². The first kappa shape index (κ1) is 13.1. The van der Waals surface area contributed by atoms with E-state index in [-0.39, 0.29) is 0 Å². The lowest BCUT2D eigenvalue weighted by atomic mass is 10.9. The minimum Gasteiger partial charge on any atom is -0.248 e. The van der Waals surface area contributed by atoms with E-state index in [2.05, 4.69) is 0 Å². The van der Waals surface area contributed by atoms with Crippen molar-refractivity contribution in [2.24, 2.45) is 0 Å². The average molecular weight is 208 g/mol. The van der Waals surface area contributed by atoms with Gasteiger partial charge in [-0.15, -0.1) is 0 Å². The van der Waals surface area contributed by atoms with E-state index >= 15 is 0 Å². The Balaban J connectivity index is 3.97. The third kappa shape index (κ3) is 4.73. The van der Waals surface area contributed by atoms with Crippen molar-refractivity contribution in [1.29, 1.82) is 0 Å². The molecule has 0 aromatic carbocycles. The Morgan fingerprint density at radius 2 is 1.15 bits per heavy atom. The molecule has 4 nitrogen and oxygen atoms in total. The molecule has 80 valence electrons. The van der Waals surface area contributed by atoms with Gasteiger partial charge in [-0.2, -0.15) is 0 Å². The van der Waals surface area contributed by atoms with Crippen molar-refractivity contribution in [2.75, 3.05) is 13.2 Å². The summed E-state index contributed by atoms with van der Waals surface area (Å²) in [6.07, 6.45) is 0. The highest BCUT2D eigenvalue weighted by molar-refractivity contribution is 6.66. The maximum absolute atomic E-state index is 5.27. The third-order valence-corrected chi connectivity index (χ3v) is 4.73. The molecule has 0 bridgehead atoms. The van der Waals surface area contributed by atoms with Crippen LogP contribution >= 0.6 is 0 Å². The van der Waals surface area contributed by atoms with Gasteiger partial charge in [-0.3, -0.25) is 0 Å². The molecular weight excluding hydrogens is 188 g/mol. The van der Waals surface area contributed by atoms with Crippen LogP contribution in [0.25, 0.3) is 0 Å². The molecule has 0 saturated heterocycles. The molecule has 13 heavy (non-hydrogen) atoms. The summed E-state index contributed by atoms with van der Waals surface area (Å²) >= 11 is 0. The second kappa shape index (κ2) is 7.46. The molecule has 0 aliphatic carbocycles. The highest BCUT2D eigenvalue weighted by Gasteiger charge is 2.37. The van der Waals surface area contributed by atoms with Crippen molar-refractivity contribution in [3.05, 3.63) is 0 Å². The zero-order valence-corrected chi connectivity index (χ0v) is 9.96. The van der Waals surface area contributed by atoms with E-state index in [1.54, 1.807) is 0 Å². The predicted molar refractivity (Wildman–Crippen MR) is 52.1 cm³/mol. The van der Waals surface area contributed by atoms with Crippen molar-refractivity contribution >= 4 is 8.56 Å². The molecule has 0 atom stereocenters. The molecule has 0 spiro atoms. The van der Waals surface area contributed by atoms with Gasteiger partial charge in [-0.25, -0.2) is 18.9 Å². The van der Waals surface area contributed by atoms with E-state index in [1.165, 1.54) is 0 Å². The molecule has 5 heteroatoms. The Bertz CT molecular complexity index is 107. The topological polar surface area (TPSA) is 36.9 Å². The first-order valence-corrected chi connectivity index (χ1v) is 7.09. The molecule has 0 heterocycles. The summed E-state index contributed by atoms with van der Waals surface area (Å²) < 4.78 is 10.5. The van der Waals surface area contributed by atoms with E-state index in [0.29, 0.717) is 13.2 Å². The van der Waals surface area contributed by atoms with Crippen LogP contribution in [0.15, 0.2) is 0 Å². The molecule has 0 N–H and O–H groups in total. The van der Waals surface area contributed by atoms with Crippen molar-refractivity contribution in [3.8, 4) is 0 Å². The largest absolute Gasteiger partial charge is 0.409 e. The molecular formula is C8H20O4Si. The lowest BCUT2D eigenvalue weighted by molar-refractivity contribution is -0.290. The Kier molecular flexibility index (Phi) is 7.49. The van der Waals surface area contributed by atoms with Crippen LogP contribution in [0.5, 0.6) is 0 Å². The second-order valence-corrected chi connectivity index (χ2v) is 6.17. The lowest BCUT2D eigenvalue weighted by Gasteiger charge is -2.24. The summed E-state index contributed by atoms with van der Waals surface area (Å²) in [4.78, 5) is 9.87. The molecule has 0 aromatic heterocycles. The summed E-state index contributed by atoms with van der Waals surface area (Å²) in [6.45, 7) is 8.87. The van der Waals surface area contributed by atoms with Crippen LogP contribution in [0.4, 0.5) is 0 Å². The lowest BCUT2D eigenvalue weighted by Crippen LogP contribution is -2.40. The number of rotatable bonds is 8. The van der Waals surface area contributed by atoms with Gasteiger partial charge in [0.05, 0.1) is 13.2 Å². The summed E-state index contributed by atoms with van der Waals surface area (Å²) in [5, 5.41) is 0. The van der Waals surface area contributed by atoms with Crippen molar-refractivity contribution in [2.45, 2.75) is 39.8 Å². The van der Waals surface area contributed by atoms with Crippen molar-refractivity contribution < 1.29 is 18.9 Å². The SMILES string of the molecule is CCOO[Si](CC)(CC)OOCC. The van der Waals surface area contributed by atoms with Crippen LogP contribution in [0, 0.1) is 0 Å². The fraction of sp³-hybridized carbons (Fsp3) is 1.00. The fourth-order valence-electron chi connectivity index (χ4n) is 0.832. The molecule has 0 fully saturated rings. The van der Waals surface area contributed by atoms with Gasteiger partial charge in [-0.05, 0) is 25.9 Å². The van der Waals surface area contributed by atoms with Gasteiger partial charge in [0.1, 0.15) is 0 Å². The van der Waals surface area contributed by atoms with Crippen LogP contribution in [0.2, 0.25) is 12.1 Å². The van der Waals surface area contributed by atoms with Gasteiger partial charge in [0, 0.05) is 0 Å². The monoisotopic (exact) mass is 208 g/mol. The first-order valence-electron chi connectivity index (χ1n) is 4.85. The summed E-state index contributed by atoms with van der Waals surface area (Å²) in [5.74, 6) is 0. The van der Waals surface area contributed by atoms with E-state index in [9.17, 15) is 0 Å². The molecule has 0 saturated carbocycles. The van der Waals surface area contributed by atoms with Crippen molar-refractivity contribution in [1.82, 2.24) is 0 Å². The average Bonchev–Trinajstić information content (AvgIpc) is 2.20. The maximum atomic E-state index is 5.27. The number of hydrogen-bond donors (Lipinski definition) is 0. The summed E-state index contributed by atoms with van der Waals surface area (Å²) in [6, 6.07) is 1.65. The van der Waals surface area contributed by atoms with Crippen molar-refractivity contribution in [3.63, 3.8) is 0 Å². The van der Waals surface area contributed by atoms with Crippen LogP contribution in [0.1, 0.15) is 27.7 Å². The van der Waals surface area contributed by atoms with E-state index in [1.807, 2.05) is 27.7 Å². The standard InChI is InChI=1S/C8H20O4Si/c1-5-9-11-13(7-3,8-4)12-10-6-2/h5-8H2,1-4H3. The van der Waals surface area contributed by atoms with E-state index in [0.717, 1.165) is 12.1 Å². The Morgan fingerprint density at radius 3 is 1.38 bits per heavy atom. The number of hydrogen-bond acceptors (Lipinski definition) is 4. The van der Waals surface area contributed by atoms with Gasteiger partial charge in [0.2, 0.25) is 0 Å². The smallest absolute Gasteiger partial charge is 0.248 e. The minimum atomic E-state index is -2.23. The molecule has 0 aliphatic rings. The summed E-state index contributed by atoms with van der Waals surface area (Å²) in [7, 11) is -2.23. The Morgan fingerprint density at radius 1 is 0.769 bits per heavy atom. The first-order chi connectivity index (χ1) is 6.24. The summed E-state index contributed by atoms with van der Waals surface area (Å²) in [5.41, 5.74) is 0. The third-order valence-electron chi connectivity index (χ3n) is 1.73. The molecule has 0 aliphatic heterocycles. The molecule has 0 radical (unpaired) electrons.